The Hall–Kier alpha value is -1.56. The third kappa shape index (κ3) is 3.50. The molecule has 0 aliphatic carbocycles. The molecule has 2 heterocycles. The molecule has 6 heteroatoms. The number of amides is 3. The molecule has 110 valence electrons. The van der Waals surface area contributed by atoms with Gasteiger partial charge in [-0.2, -0.15) is 0 Å². The van der Waals surface area contributed by atoms with Gasteiger partial charge in [-0.25, -0.2) is 4.79 Å². The molecule has 0 radical (unpaired) electrons. The zero-order valence-electron chi connectivity index (χ0n) is 11.9. The standard InChI is InChI=1S/C14H21N3O2S/c1-10(12-7-5-9-20-12)17(2)14(19)16-11-6-3-4-8-15-13(11)18/h5,7,9-11H,3-4,6,8H2,1-2H3,(H,15,18)(H,16,19)/t10-,11+/m0/s1. The molecule has 0 unspecified atom stereocenters. The Balaban J connectivity index is 1.94. The predicted octanol–water partition coefficient (Wildman–Crippen LogP) is 2.12. The third-order valence-electron chi connectivity index (χ3n) is 3.69. The van der Waals surface area contributed by atoms with Gasteiger partial charge in [0.2, 0.25) is 5.91 Å². The van der Waals surface area contributed by atoms with Crippen LogP contribution in [0.1, 0.15) is 37.1 Å². The van der Waals surface area contributed by atoms with Crippen LogP contribution in [-0.2, 0) is 4.79 Å². The first kappa shape index (κ1) is 14.8. The molecule has 0 aromatic carbocycles. The van der Waals surface area contributed by atoms with Crippen LogP contribution in [0.5, 0.6) is 0 Å². The molecule has 0 spiro atoms. The number of thiophene rings is 1. The quantitative estimate of drug-likeness (QED) is 0.897. The second-order valence-corrected chi connectivity index (χ2v) is 6.07. The molecule has 20 heavy (non-hydrogen) atoms. The molecule has 2 rings (SSSR count). The first-order chi connectivity index (χ1) is 9.59. The minimum Gasteiger partial charge on any atom is -0.354 e. The van der Waals surface area contributed by atoms with Crippen LogP contribution in [0.25, 0.3) is 0 Å². The lowest BCUT2D eigenvalue weighted by Gasteiger charge is -2.26. The Kier molecular flexibility index (Phi) is 5.00. The molecule has 0 saturated carbocycles. The fraction of sp³-hybridized carbons (Fsp3) is 0.571. The smallest absolute Gasteiger partial charge is 0.318 e. The van der Waals surface area contributed by atoms with Gasteiger partial charge in [-0.15, -0.1) is 11.3 Å². The van der Waals surface area contributed by atoms with Gasteiger partial charge in [-0.3, -0.25) is 4.79 Å². The van der Waals surface area contributed by atoms with Crippen molar-refractivity contribution in [3.63, 3.8) is 0 Å². The normalized spacial score (nSPS) is 20.7. The Morgan fingerprint density at radius 3 is 3.05 bits per heavy atom. The van der Waals surface area contributed by atoms with E-state index in [1.165, 1.54) is 0 Å². The second-order valence-electron chi connectivity index (χ2n) is 5.09. The summed E-state index contributed by atoms with van der Waals surface area (Å²) in [5, 5.41) is 7.65. The van der Waals surface area contributed by atoms with Crippen molar-refractivity contribution < 1.29 is 9.59 Å². The van der Waals surface area contributed by atoms with Crippen molar-refractivity contribution in [2.24, 2.45) is 0 Å². The average molecular weight is 295 g/mol. The lowest BCUT2D eigenvalue weighted by atomic mass is 10.1. The summed E-state index contributed by atoms with van der Waals surface area (Å²) in [6.07, 6.45) is 2.63. The maximum Gasteiger partial charge on any atom is 0.318 e. The Bertz CT molecular complexity index is 461. The summed E-state index contributed by atoms with van der Waals surface area (Å²) >= 11 is 1.63. The zero-order chi connectivity index (χ0) is 14.5. The lowest BCUT2D eigenvalue weighted by molar-refractivity contribution is -0.122. The highest BCUT2D eigenvalue weighted by Crippen LogP contribution is 2.23. The summed E-state index contributed by atoms with van der Waals surface area (Å²) in [5.74, 6) is -0.0759. The number of nitrogens with one attached hydrogen (secondary N) is 2. The molecule has 1 aliphatic rings. The molecular weight excluding hydrogens is 274 g/mol. The van der Waals surface area contributed by atoms with Gasteiger partial charge < -0.3 is 15.5 Å². The molecule has 1 aromatic heterocycles. The van der Waals surface area contributed by atoms with E-state index in [9.17, 15) is 9.59 Å². The van der Waals surface area contributed by atoms with Gasteiger partial charge in [-0.05, 0) is 37.6 Å². The van der Waals surface area contributed by atoms with E-state index in [1.54, 1.807) is 23.3 Å². The minimum absolute atomic E-state index is 0.00355. The van der Waals surface area contributed by atoms with E-state index in [0.717, 1.165) is 17.7 Å². The first-order valence-corrected chi connectivity index (χ1v) is 7.82. The number of hydrogen-bond acceptors (Lipinski definition) is 3. The summed E-state index contributed by atoms with van der Waals surface area (Å²) < 4.78 is 0. The topological polar surface area (TPSA) is 61.4 Å². The van der Waals surface area contributed by atoms with Gasteiger partial charge in [0.1, 0.15) is 6.04 Å². The van der Waals surface area contributed by atoms with Crippen molar-refractivity contribution in [2.45, 2.75) is 38.3 Å². The molecule has 2 N–H and O–H groups in total. The predicted molar refractivity (Wildman–Crippen MR) is 79.7 cm³/mol. The summed E-state index contributed by atoms with van der Waals surface area (Å²) in [4.78, 5) is 26.8. The van der Waals surface area contributed by atoms with Crippen LogP contribution in [0.2, 0.25) is 0 Å². The highest BCUT2D eigenvalue weighted by molar-refractivity contribution is 7.10. The van der Waals surface area contributed by atoms with Gasteiger partial charge in [0.25, 0.3) is 0 Å². The molecule has 0 bridgehead atoms. The number of urea groups is 1. The van der Waals surface area contributed by atoms with E-state index in [1.807, 2.05) is 24.4 Å². The van der Waals surface area contributed by atoms with Crippen molar-refractivity contribution in [3.05, 3.63) is 22.4 Å². The van der Waals surface area contributed by atoms with Gasteiger partial charge in [0.15, 0.2) is 0 Å². The van der Waals surface area contributed by atoms with Crippen LogP contribution in [0.4, 0.5) is 4.79 Å². The molecule has 1 aromatic rings. The van der Waals surface area contributed by atoms with Gasteiger partial charge >= 0.3 is 6.03 Å². The van der Waals surface area contributed by atoms with Crippen LogP contribution in [0, 0.1) is 0 Å². The number of rotatable bonds is 3. The molecule has 1 aliphatic heterocycles. The Morgan fingerprint density at radius 2 is 2.35 bits per heavy atom. The maximum atomic E-state index is 12.2. The summed E-state index contributed by atoms with van der Waals surface area (Å²) in [6, 6.07) is 3.37. The Labute approximate surface area is 123 Å². The van der Waals surface area contributed by atoms with E-state index < -0.39 is 6.04 Å². The fourth-order valence-electron chi connectivity index (χ4n) is 2.22. The van der Waals surface area contributed by atoms with Crippen molar-refractivity contribution in [1.82, 2.24) is 15.5 Å². The molecule has 1 fully saturated rings. The van der Waals surface area contributed by atoms with Crippen LogP contribution >= 0.6 is 11.3 Å². The molecule has 2 atom stereocenters. The molecular formula is C14H21N3O2S. The minimum atomic E-state index is -0.414. The molecule has 1 saturated heterocycles. The second kappa shape index (κ2) is 6.74. The summed E-state index contributed by atoms with van der Waals surface area (Å²) in [5.41, 5.74) is 0. The maximum absolute atomic E-state index is 12.2. The van der Waals surface area contributed by atoms with E-state index >= 15 is 0 Å². The van der Waals surface area contributed by atoms with Crippen LogP contribution < -0.4 is 10.6 Å². The highest BCUT2D eigenvalue weighted by atomic mass is 32.1. The monoisotopic (exact) mass is 295 g/mol. The number of carbonyl (C=O) groups is 2. The van der Waals surface area contributed by atoms with Crippen molar-refractivity contribution in [3.8, 4) is 0 Å². The summed E-state index contributed by atoms with van der Waals surface area (Å²) in [6.45, 7) is 2.69. The summed E-state index contributed by atoms with van der Waals surface area (Å²) in [7, 11) is 1.76. The van der Waals surface area contributed by atoms with Gasteiger partial charge in [0, 0.05) is 18.5 Å². The number of carbonyl (C=O) groups excluding carboxylic acids is 2. The van der Waals surface area contributed by atoms with Gasteiger partial charge in [-0.1, -0.05) is 6.07 Å². The average Bonchev–Trinajstić information content (AvgIpc) is 2.90. The van der Waals surface area contributed by atoms with E-state index in [0.29, 0.717) is 13.0 Å². The number of nitrogens with zero attached hydrogens (tertiary/aromatic N) is 1. The fourth-order valence-corrected chi connectivity index (χ4v) is 3.05. The van der Waals surface area contributed by atoms with Crippen LogP contribution in [0.3, 0.4) is 0 Å². The zero-order valence-corrected chi connectivity index (χ0v) is 12.7. The lowest BCUT2D eigenvalue weighted by Crippen LogP contribution is -2.49. The van der Waals surface area contributed by atoms with Crippen LogP contribution in [0.15, 0.2) is 17.5 Å². The first-order valence-electron chi connectivity index (χ1n) is 6.94. The van der Waals surface area contributed by atoms with Crippen molar-refractivity contribution in [1.29, 1.82) is 0 Å². The van der Waals surface area contributed by atoms with Gasteiger partial charge in [0.05, 0.1) is 6.04 Å². The van der Waals surface area contributed by atoms with Crippen molar-refractivity contribution >= 4 is 23.3 Å². The van der Waals surface area contributed by atoms with Crippen LogP contribution in [-0.4, -0.2) is 36.5 Å². The van der Waals surface area contributed by atoms with E-state index in [4.69, 9.17) is 0 Å². The van der Waals surface area contributed by atoms with Crippen molar-refractivity contribution in [2.75, 3.05) is 13.6 Å². The largest absolute Gasteiger partial charge is 0.354 e. The third-order valence-corrected chi connectivity index (χ3v) is 4.73. The number of hydrogen-bond donors (Lipinski definition) is 2. The Morgan fingerprint density at radius 1 is 1.55 bits per heavy atom. The highest BCUT2D eigenvalue weighted by Gasteiger charge is 2.25. The molecule has 3 amide bonds. The van der Waals surface area contributed by atoms with E-state index in [2.05, 4.69) is 10.6 Å². The molecule has 5 nitrogen and oxygen atoms in total. The van der Waals surface area contributed by atoms with E-state index in [-0.39, 0.29) is 18.0 Å². The SMILES string of the molecule is C[C@@H](c1cccs1)N(C)C(=O)N[C@@H]1CCCCNC1=O.